The molecular weight excluding hydrogens is 382 g/mol. The molecule has 3 aromatic carbocycles. The summed E-state index contributed by atoms with van der Waals surface area (Å²) in [6.45, 7) is 0.159. The number of hydrogen-bond acceptors (Lipinski definition) is 7. The van der Waals surface area contributed by atoms with Crippen LogP contribution in [0.15, 0.2) is 72.8 Å². The Labute approximate surface area is 172 Å². The van der Waals surface area contributed by atoms with Crippen molar-refractivity contribution in [3.8, 4) is 11.5 Å². The number of phenolic OH excluding ortho intramolecular Hbond substituents is 1. The summed E-state index contributed by atoms with van der Waals surface area (Å²) in [4.78, 5) is 21.0. The number of benzene rings is 3. The third-order valence-corrected chi connectivity index (χ3v) is 4.45. The van der Waals surface area contributed by atoms with Gasteiger partial charge in [-0.2, -0.15) is 0 Å². The van der Waals surface area contributed by atoms with Gasteiger partial charge in [-0.3, -0.25) is 0 Å². The Balaban J connectivity index is 1.45. The average Bonchev–Trinajstić information content (AvgIpc) is 2.77. The van der Waals surface area contributed by atoms with E-state index in [9.17, 15) is 9.90 Å². The van der Waals surface area contributed by atoms with E-state index in [0.29, 0.717) is 23.7 Å². The largest absolute Gasteiger partial charge is 0.507 e. The number of anilines is 1. The molecule has 150 valence electrons. The maximum Gasteiger partial charge on any atom is 0.342 e. The fourth-order valence-electron chi connectivity index (χ4n) is 2.93. The summed E-state index contributed by atoms with van der Waals surface area (Å²) in [5, 5.41) is 10.8. The molecule has 0 aliphatic rings. The molecule has 0 amide bonds. The van der Waals surface area contributed by atoms with E-state index in [0.717, 1.165) is 10.9 Å². The molecule has 0 saturated carbocycles. The van der Waals surface area contributed by atoms with E-state index in [1.807, 2.05) is 48.5 Å². The van der Waals surface area contributed by atoms with Crippen LogP contribution in [0.25, 0.3) is 10.9 Å². The molecule has 0 unspecified atom stereocenters. The van der Waals surface area contributed by atoms with Crippen LogP contribution in [0.5, 0.6) is 11.5 Å². The van der Waals surface area contributed by atoms with Gasteiger partial charge >= 0.3 is 5.97 Å². The van der Waals surface area contributed by atoms with E-state index < -0.39 is 5.97 Å². The second-order valence-electron chi connectivity index (χ2n) is 6.57. The second kappa shape index (κ2) is 8.48. The van der Waals surface area contributed by atoms with Crippen molar-refractivity contribution < 1.29 is 19.4 Å². The highest BCUT2D eigenvalue weighted by Gasteiger charge is 2.16. The molecule has 0 atom stereocenters. The number of nitrogens with zero attached hydrogens (tertiary/aromatic N) is 2. The Morgan fingerprint density at radius 3 is 2.53 bits per heavy atom. The molecule has 1 heterocycles. The van der Waals surface area contributed by atoms with Crippen molar-refractivity contribution in [3.63, 3.8) is 0 Å². The fourth-order valence-corrected chi connectivity index (χ4v) is 2.93. The minimum Gasteiger partial charge on any atom is -0.507 e. The molecule has 0 bridgehead atoms. The van der Waals surface area contributed by atoms with Crippen LogP contribution in [-0.4, -0.2) is 21.0 Å². The molecule has 1 aromatic heterocycles. The van der Waals surface area contributed by atoms with Gasteiger partial charge in [-0.15, -0.1) is 0 Å². The first-order valence-electron chi connectivity index (χ1n) is 9.28. The minimum atomic E-state index is -0.715. The standard InChI is InChI=1S/C23H19N3O4/c24-22-17-8-4-5-9-19(17)25-21(26-22)14-30-23(28)18-12-16(10-11-20(18)27)29-13-15-6-2-1-3-7-15/h1-12,27H,13-14H2,(H2,24,25,26). The maximum absolute atomic E-state index is 12.5. The van der Waals surface area contributed by atoms with E-state index in [2.05, 4.69) is 9.97 Å². The van der Waals surface area contributed by atoms with Crippen molar-refractivity contribution in [1.82, 2.24) is 9.97 Å². The number of ether oxygens (including phenoxy) is 2. The fraction of sp³-hybridized carbons (Fsp3) is 0.0870. The molecule has 7 heteroatoms. The molecule has 4 aromatic rings. The van der Waals surface area contributed by atoms with Gasteiger partial charge < -0.3 is 20.3 Å². The zero-order valence-electron chi connectivity index (χ0n) is 16.0. The van der Waals surface area contributed by atoms with Crippen molar-refractivity contribution in [2.24, 2.45) is 0 Å². The molecule has 3 N–H and O–H groups in total. The molecule has 0 spiro atoms. The number of esters is 1. The predicted molar refractivity (Wildman–Crippen MR) is 112 cm³/mol. The van der Waals surface area contributed by atoms with Gasteiger partial charge in [0.25, 0.3) is 0 Å². The third-order valence-electron chi connectivity index (χ3n) is 4.45. The number of carbonyl (C=O) groups is 1. The maximum atomic E-state index is 12.5. The van der Waals surface area contributed by atoms with Gasteiger partial charge in [-0.1, -0.05) is 42.5 Å². The number of nitrogens with two attached hydrogens (primary N) is 1. The SMILES string of the molecule is Nc1nc(COC(=O)c2cc(OCc3ccccc3)ccc2O)nc2ccccc12. The van der Waals surface area contributed by atoms with Crippen LogP contribution >= 0.6 is 0 Å². The minimum absolute atomic E-state index is 0.00526. The topological polar surface area (TPSA) is 108 Å². The summed E-state index contributed by atoms with van der Waals surface area (Å²) in [5.41, 5.74) is 7.60. The van der Waals surface area contributed by atoms with Crippen LogP contribution in [0, 0.1) is 0 Å². The summed E-state index contributed by atoms with van der Waals surface area (Å²) < 4.78 is 11.0. The van der Waals surface area contributed by atoms with E-state index in [4.69, 9.17) is 15.2 Å². The van der Waals surface area contributed by atoms with Gasteiger partial charge in [-0.25, -0.2) is 14.8 Å². The van der Waals surface area contributed by atoms with Crippen molar-refractivity contribution in [3.05, 3.63) is 89.7 Å². The molecule has 0 radical (unpaired) electrons. The number of rotatable bonds is 6. The Kier molecular flexibility index (Phi) is 5.43. The van der Waals surface area contributed by atoms with Crippen molar-refractivity contribution in [2.45, 2.75) is 13.2 Å². The summed E-state index contributed by atoms with van der Waals surface area (Å²) in [7, 11) is 0. The van der Waals surface area contributed by atoms with Crippen LogP contribution in [0.4, 0.5) is 5.82 Å². The molecule has 0 aliphatic carbocycles. The Morgan fingerprint density at radius 1 is 0.933 bits per heavy atom. The van der Waals surface area contributed by atoms with Gasteiger partial charge in [0.05, 0.1) is 5.52 Å². The summed E-state index contributed by atoms with van der Waals surface area (Å²) in [6.07, 6.45) is 0. The smallest absolute Gasteiger partial charge is 0.342 e. The lowest BCUT2D eigenvalue weighted by Gasteiger charge is -2.10. The summed E-state index contributed by atoms with van der Waals surface area (Å²) in [5.74, 6) is 0.107. The average molecular weight is 401 g/mol. The zero-order chi connectivity index (χ0) is 20.9. The molecule has 7 nitrogen and oxygen atoms in total. The lowest BCUT2D eigenvalue weighted by atomic mass is 10.2. The summed E-state index contributed by atoms with van der Waals surface area (Å²) in [6, 6.07) is 21.3. The van der Waals surface area contributed by atoms with Crippen LogP contribution in [0.2, 0.25) is 0 Å². The quantitative estimate of drug-likeness (QED) is 0.472. The number of aromatic hydroxyl groups is 1. The number of hydrogen-bond donors (Lipinski definition) is 2. The molecular formula is C23H19N3O4. The van der Waals surface area contributed by atoms with Crippen LogP contribution < -0.4 is 10.5 Å². The van der Waals surface area contributed by atoms with Crippen LogP contribution in [0.3, 0.4) is 0 Å². The third kappa shape index (κ3) is 4.30. The predicted octanol–water partition coefficient (Wildman–Crippen LogP) is 3.85. The number of aromatic nitrogens is 2. The van der Waals surface area contributed by atoms with Crippen LogP contribution in [-0.2, 0) is 18.0 Å². The Morgan fingerprint density at radius 2 is 1.70 bits per heavy atom. The monoisotopic (exact) mass is 401 g/mol. The lowest BCUT2D eigenvalue weighted by molar-refractivity contribution is 0.0459. The first kappa shape index (κ1) is 19.2. The second-order valence-corrected chi connectivity index (χ2v) is 6.57. The number of phenols is 1. The number of para-hydroxylation sites is 1. The molecule has 30 heavy (non-hydrogen) atoms. The first-order valence-corrected chi connectivity index (χ1v) is 9.28. The van der Waals surface area contributed by atoms with E-state index >= 15 is 0 Å². The van der Waals surface area contributed by atoms with Gasteiger partial charge in [-0.05, 0) is 35.9 Å². The normalized spacial score (nSPS) is 10.7. The number of fused-ring (bicyclic) bond motifs is 1. The molecule has 0 saturated heterocycles. The van der Waals surface area contributed by atoms with Crippen LogP contribution in [0.1, 0.15) is 21.7 Å². The Bertz CT molecular complexity index is 1200. The van der Waals surface area contributed by atoms with Crippen molar-refractivity contribution in [1.29, 1.82) is 0 Å². The van der Waals surface area contributed by atoms with E-state index in [1.165, 1.54) is 12.1 Å². The van der Waals surface area contributed by atoms with Gasteiger partial charge in [0.2, 0.25) is 0 Å². The number of carbonyl (C=O) groups excluding carboxylic acids is 1. The lowest BCUT2D eigenvalue weighted by Crippen LogP contribution is -2.09. The van der Waals surface area contributed by atoms with E-state index in [-0.39, 0.29) is 23.7 Å². The Hall–Kier alpha value is -4.13. The number of nitrogen functional groups attached to an aromatic ring is 1. The van der Waals surface area contributed by atoms with E-state index in [1.54, 1.807) is 12.1 Å². The first-order chi connectivity index (χ1) is 14.6. The summed E-state index contributed by atoms with van der Waals surface area (Å²) >= 11 is 0. The highest BCUT2D eigenvalue weighted by atomic mass is 16.5. The molecule has 0 aliphatic heterocycles. The van der Waals surface area contributed by atoms with Gasteiger partial charge in [0.1, 0.15) is 29.5 Å². The highest BCUT2D eigenvalue weighted by molar-refractivity contribution is 5.93. The van der Waals surface area contributed by atoms with Gasteiger partial charge in [0.15, 0.2) is 12.4 Å². The van der Waals surface area contributed by atoms with Gasteiger partial charge in [0, 0.05) is 5.39 Å². The molecule has 0 fully saturated rings. The molecule has 4 rings (SSSR count). The van der Waals surface area contributed by atoms with Crippen molar-refractivity contribution >= 4 is 22.7 Å². The zero-order valence-corrected chi connectivity index (χ0v) is 16.0. The van der Waals surface area contributed by atoms with Crippen molar-refractivity contribution in [2.75, 3.05) is 5.73 Å². The highest BCUT2D eigenvalue weighted by Crippen LogP contribution is 2.25.